The van der Waals surface area contributed by atoms with Crippen LogP contribution in [0.3, 0.4) is 0 Å². The first-order chi connectivity index (χ1) is 9.34. The van der Waals surface area contributed by atoms with Gasteiger partial charge in [-0.3, -0.25) is 9.89 Å². The first kappa shape index (κ1) is 11.2. The van der Waals surface area contributed by atoms with Crippen molar-refractivity contribution >= 4 is 10.9 Å². The van der Waals surface area contributed by atoms with Gasteiger partial charge >= 0.3 is 0 Å². The second-order valence-corrected chi connectivity index (χ2v) is 4.06. The number of hydrogen-bond acceptors (Lipinski definition) is 2. The van der Waals surface area contributed by atoms with Crippen molar-refractivity contribution in [1.29, 1.82) is 0 Å². The van der Waals surface area contributed by atoms with Crippen LogP contribution in [0.2, 0.25) is 0 Å². The quantitative estimate of drug-likeness (QED) is 0.619. The molecule has 0 amide bonds. The fraction of sp³-hybridized carbons (Fsp3) is 0. The highest BCUT2D eigenvalue weighted by atomic mass is 16.1. The number of para-hydroxylation sites is 1. The van der Waals surface area contributed by atoms with Gasteiger partial charge in [0, 0.05) is 10.9 Å². The number of nitrogens with zero attached hydrogens (tertiary/aromatic N) is 1. The van der Waals surface area contributed by atoms with Crippen molar-refractivity contribution in [2.24, 2.45) is 0 Å². The molecule has 3 rings (SSSR count). The van der Waals surface area contributed by atoms with Crippen LogP contribution in [0.15, 0.2) is 59.4 Å². The fourth-order valence-electron chi connectivity index (χ4n) is 1.81. The third-order valence-corrected chi connectivity index (χ3v) is 2.77. The van der Waals surface area contributed by atoms with Gasteiger partial charge in [-0.1, -0.05) is 36.3 Å². The van der Waals surface area contributed by atoms with E-state index in [1.54, 1.807) is 6.07 Å². The Morgan fingerprint density at radius 1 is 0.895 bits per heavy atom. The van der Waals surface area contributed by atoms with Gasteiger partial charge < -0.3 is 0 Å². The van der Waals surface area contributed by atoms with Crippen LogP contribution in [-0.2, 0) is 0 Å². The molecule has 0 aliphatic rings. The smallest absolute Gasteiger partial charge is 0.223 e. The van der Waals surface area contributed by atoms with Crippen LogP contribution >= 0.6 is 0 Å². The van der Waals surface area contributed by atoms with Crippen molar-refractivity contribution in [3.63, 3.8) is 0 Å². The highest BCUT2D eigenvalue weighted by molar-refractivity contribution is 5.78. The van der Waals surface area contributed by atoms with E-state index in [4.69, 9.17) is 0 Å². The van der Waals surface area contributed by atoms with Crippen LogP contribution in [-0.4, -0.2) is 10.2 Å². The Kier molecular flexibility index (Phi) is 2.83. The summed E-state index contributed by atoms with van der Waals surface area (Å²) in [5.74, 6) is 5.75. The summed E-state index contributed by atoms with van der Waals surface area (Å²) >= 11 is 0. The third-order valence-electron chi connectivity index (χ3n) is 2.77. The number of H-pyrrole nitrogens is 1. The first-order valence-corrected chi connectivity index (χ1v) is 5.89. The molecule has 90 valence electrons. The van der Waals surface area contributed by atoms with Crippen LogP contribution in [0.5, 0.6) is 0 Å². The van der Waals surface area contributed by atoms with Gasteiger partial charge in [0.2, 0.25) is 5.43 Å². The molecule has 1 N–H and O–H groups in total. The lowest BCUT2D eigenvalue weighted by molar-refractivity contribution is 1.04. The monoisotopic (exact) mass is 246 g/mol. The van der Waals surface area contributed by atoms with Crippen molar-refractivity contribution in [2.75, 3.05) is 0 Å². The summed E-state index contributed by atoms with van der Waals surface area (Å²) in [6, 6.07) is 16.8. The lowest BCUT2D eigenvalue weighted by Gasteiger charge is -1.96. The van der Waals surface area contributed by atoms with Gasteiger partial charge in [0.15, 0.2) is 5.69 Å². The molecule has 2 aromatic carbocycles. The number of aromatic amines is 1. The summed E-state index contributed by atoms with van der Waals surface area (Å²) in [4.78, 5) is 12.2. The van der Waals surface area contributed by atoms with Crippen molar-refractivity contribution < 1.29 is 0 Å². The standard InChI is InChI=1S/C16H10N2O/c19-16-13-8-4-5-9-14(13)17-18-15(16)11-10-12-6-2-1-3-7-12/h1-9H,(H,17,19). The number of hydrogen-bond donors (Lipinski definition) is 1. The Balaban J connectivity index is 2.10. The summed E-state index contributed by atoms with van der Waals surface area (Å²) in [5, 5.41) is 7.46. The van der Waals surface area contributed by atoms with E-state index in [9.17, 15) is 4.79 Å². The van der Waals surface area contributed by atoms with Gasteiger partial charge in [-0.05, 0) is 30.2 Å². The normalized spacial score (nSPS) is 9.89. The maximum atomic E-state index is 12.2. The number of rotatable bonds is 0. The first-order valence-electron chi connectivity index (χ1n) is 5.89. The summed E-state index contributed by atoms with van der Waals surface area (Å²) in [6.07, 6.45) is 0. The second kappa shape index (κ2) is 4.79. The van der Waals surface area contributed by atoms with Gasteiger partial charge in [-0.2, -0.15) is 5.10 Å². The lowest BCUT2D eigenvalue weighted by Crippen LogP contribution is -2.10. The molecule has 0 bridgehead atoms. The highest BCUT2D eigenvalue weighted by Crippen LogP contribution is 2.04. The van der Waals surface area contributed by atoms with Crippen LogP contribution < -0.4 is 5.43 Å². The zero-order valence-electron chi connectivity index (χ0n) is 10.1. The van der Waals surface area contributed by atoms with Crippen molar-refractivity contribution in [3.8, 4) is 11.8 Å². The number of aromatic nitrogens is 2. The zero-order chi connectivity index (χ0) is 13.1. The van der Waals surface area contributed by atoms with Gasteiger partial charge in [0.05, 0.1) is 5.52 Å². The minimum absolute atomic E-state index is 0.141. The largest absolute Gasteiger partial charge is 0.286 e. The van der Waals surface area contributed by atoms with Gasteiger partial charge in [-0.15, -0.1) is 0 Å². The molecule has 0 aliphatic carbocycles. The number of nitrogens with one attached hydrogen (secondary N) is 1. The molecule has 0 saturated carbocycles. The summed E-state index contributed by atoms with van der Waals surface area (Å²) in [5.41, 5.74) is 1.68. The van der Waals surface area contributed by atoms with E-state index in [0.717, 1.165) is 11.1 Å². The second-order valence-electron chi connectivity index (χ2n) is 4.06. The summed E-state index contributed by atoms with van der Waals surface area (Å²) in [7, 11) is 0. The molecule has 3 nitrogen and oxygen atoms in total. The van der Waals surface area contributed by atoms with Crippen LogP contribution in [0, 0.1) is 11.8 Å². The molecule has 0 unspecified atom stereocenters. The molecule has 0 spiro atoms. The maximum Gasteiger partial charge on any atom is 0.223 e. The van der Waals surface area contributed by atoms with Crippen molar-refractivity contribution in [3.05, 3.63) is 76.1 Å². The van der Waals surface area contributed by atoms with E-state index in [2.05, 4.69) is 22.0 Å². The number of benzene rings is 2. The van der Waals surface area contributed by atoms with E-state index in [1.165, 1.54) is 0 Å². The SMILES string of the molecule is O=c1c(C#Cc2ccccc2)n[nH]c2ccccc12. The van der Waals surface area contributed by atoms with Gasteiger partial charge in [-0.25, -0.2) is 0 Å². The van der Waals surface area contributed by atoms with E-state index >= 15 is 0 Å². The molecule has 0 radical (unpaired) electrons. The zero-order valence-corrected chi connectivity index (χ0v) is 10.1. The fourth-order valence-corrected chi connectivity index (χ4v) is 1.81. The molecule has 1 aromatic heterocycles. The highest BCUT2D eigenvalue weighted by Gasteiger charge is 2.03. The Hall–Kier alpha value is -2.86. The molecule has 1 heterocycles. The Morgan fingerprint density at radius 2 is 1.63 bits per heavy atom. The third kappa shape index (κ3) is 2.24. The molecule has 19 heavy (non-hydrogen) atoms. The minimum Gasteiger partial charge on any atom is -0.286 e. The van der Waals surface area contributed by atoms with Crippen LogP contribution in [0.1, 0.15) is 11.3 Å². The molecular weight excluding hydrogens is 236 g/mol. The van der Waals surface area contributed by atoms with Crippen molar-refractivity contribution in [1.82, 2.24) is 10.2 Å². The average molecular weight is 246 g/mol. The predicted octanol–water partition coefficient (Wildman–Crippen LogP) is 2.32. The maximum absolute atomic E-state index is 12.2. The van der Waals surface area contributed by atoms with E-state index in [1.807, 2.05) is 48.5 Å². The van der Waals surface area contributed by atoms with Crippen molar-refractivity contribution in [2.45, 2.75) is 0 Å². The Labute approximate surface area is 109 Å². The topological polar surface area (TPSA) is 45.8 Å². The average Bonchev–Trinajstić information content (AvgIpc) is 2.48. The Morgan fingerprint density at radius 3 is 2.47 bits per heavy atom. The molecule has 0 atom stereocenters. The van der Waals surface area contributed by atoms with E-state index < -0.39 is 0 Å². The molecule has 0 saturated heterocycles. The number of fused-ring (bicyclic) bond motifs is 1. The van der Waals surface area contributed by atoms with Crippen LogP contribution in [0.25, 0.3) is 10.9 Å². The van der Waals surface area contributed by atoms with Crippen LogP contribution in [0.4, 0.5) is 0 Å². The molecule has 3 heteroatoms. The van der Waals surface area contributed by atoms with Gasteiger partial charge in [0.25, 0.3) is 0 Å². The summed E-state index contributed by atoms with van der Waals surface area (Å²) in [6.45, 7) is 0. The molecular formula is C16H10N2O. The van der Waals surface area contributed by atoms with Gasteiger partial charge in [0.1, 0.15) is 0 Å². The molecule has 0 aliphatic heterocycles. The lowest BCUT2D eigenvalue weighted by atomic mass is 10.2. The molecule has 3 aromatic rings. The minimum atomic E-state index is -0.141. The Bertz CT molecular complexity index is 839. The van der Waals surface area contributed by atoms with E-state index in [-0.39, 0.29) is 11.1 Å². The predicted molar refractivity (Wildman–Crippen MR) is 74.8 cm³/mol. The summed E-state index contributed by atoms with van der Waals surface area (Å²) < 4.78 is 0. The molecule has 0 fully saturated rings. The van der Waals surface area contributed by atoms with E-state index in [0.29, 0.717) is 5.39 Å².